The van der Waals surface area contributed by atoms with E-state index >= 15 is 0 Å². The van der Waals surface area contributed by atoms with Crippen LogP contribution < -0.4 is 5.59 Å². The summed E-state index contributed by atoms with van der Waals surface area (Å²) in [5.74, 6) is 0.0927. The second-order valence-corrected chi connectivity index (χ2v) is 6.86. The summed E-state index contributed by atoms with van der Waals surface area (Å²) in [5, 5.41) is 0. The minimum atomic E-state index is -0.743. The van der Waals surface area contributed by atoms with E-state index in [-0.39, 0.29) is 11.4 Å². The number of pyridine rings is 1. The fourth-order valence-electron chi connectivity index (χ4n) is 2.15. The predicted octanol–water partition coefficient (Wildman–Crippen LogP) is 2.72. The third-order valence-electron chi connectivity index (χ3n) is 4.02. The molecule has 1 aliphatic rings. The molecule has 0 spiro atoms. The van der Waals surface area contributed by atoms with Gasteiger partial charge >= 0.3 is 7.12 Å². The van der Waals surface area contributed by atoms with E-state index in [1.807, 2.05) is 27.7 Å². The van der Waals surface area contributed by atoms with Crippen LogP contribution in [0.15, 0.2) is 12.1 Å². The lowest BCUT2D eigenvalue weighted by Gasteiger charge is -2.32. The second kappa shape index (κ2) is 5.12. The van der Waals surface area contributed by atoms with Gasteiger partial charge in [0, 0.05) is 5.69 Å². The molecule has 110 valence electrons. The molecule has 20 heavy (non-hydrogen) atoms. The molecule has 1 aromatic rings. The molecule has 0 aliphatic carbocycles. The zero-order chi connectivity index (χ0) is 15.1. The fourth-order valence-corrected chi connectivity index (χ4v) is 2.15. The van der Waals surface area contributed by atoms with Gasteiger partial charge in [0.2, 0.25) is 0 Å². The molecule has 1 saturated heterocycles. The van der Waals surface area contributed by atoms with Crippen molar-refractivity contribution in [3.8, 4) is 0 Å². The van der Waals surface area contributed by atoms with Gasteiger partial charge in [-0.05, 0) is 52.2 Å². The zero-order valence-corrected chi connectivity index (χ0v) is 13.2. The van der Waals surface area contributed by atoms with E-state index < -0.39 is 18.3 Å². The first-order valence-electron chi connectivity index (χ1n) is 7.13. The van der Waals surface area contributed by atoms with Gasteiger partial charge in [-0.25, -0.2) is 4.39 Å². The molecule has 0 radical (unpaired) electrons. The largest absolute Gasteiger partial charge is 0.517 e. The van der Waals surface area contributed by atoms with E-state index in [2.05, 4.69) is 18.8 Å². The van der Waals surface area contributed by atoms with Crippen molar-refractivity contribution in [2.75, 3.05) is 0 Å². The summed E-state index contributed by atoms with van der Waals surface area (Å²) in [4.78, 5) is 4.40. The number of rotatable bonds is 3. The lowest BCUT2D eigenvalue weighted by molar-refractivity contribution is 0.00578. The van der Waals surface area contributed by atoms with Crippen LogP contribution in [0.4, 0.5) is 4.39 Å². The van der Waals surface area contributed by atoms with Crippen LogP contribution in [0.5, 0.6) is 0 Å². The molecule has 0 unspecified atom stereocenters. The summed E-state index contributed by atoms with van der Waals surface area (Å²) < 4.78 is 25.8. The second-order valence-electron chi connectivity index (χ2n) is 6.86. The van der Waals surface area contributed by atoms with Crippen LogP contribution in [-0.4, -0.2) is 23.3 Å². The van der Waals surface area contributed by atoms with Crippen molar-refractivity contribution >= 4 is 12.7 Å². The summed E-state index contributed by atoms with van der Waals surface area (Å²) in [6.07, 6.45) is 0.812. The number of hydrogen-bond donors (Lipinski definition) is 0. The Bertz CT molecular complexity index is 487. The first kappa shape index (κ1) is 15.5. The van der Waals surface area contributed by atoms with Crippen LogP contribution >= 0.6 is 0 Å². The van der Waals surface area contributed by atoms with Gasteiger partial charge in [0.1, 0.15) is 11.4 Å². The van der Waals surface area contributed by atoms with E-state index in [1.54, 1.807) is 6.07 Å². The third-order valence-corrected chi connectivity index (χ3v) is 4.02. The number of halogens is 1. The van der Waals surface area contributed by atoms with Crippen molar-refractivity contribution in [2.24, 2.45) is 5.92 Å². The van der Waals surface area contributed by atoms with E-state index in [1.165, 1.54) is 6.07 Å². The molecule has 2 heterocycles. The Balaban J connectivity index is 2.30. The summed E-state index contributed by atoms with van der Waals surface area (Å²) >= 11 is 0. The van der Waals surface area contributed by atoms with Gasteiger partial charge in [-0.2, -0.15) is 0 Å². The predicted molar refractivity (Wildman–Crippen MR) is 78.5 cm³/mol. The molecule has 5 heteroatoms. The lowest BCUT2D eigenvalue weighted by atomic mass is 9.83. The highest BCUT2D eigenvalue weighted by Gasteiger charge is 2.53. The molecule has 1 fully saturated rings. The summed E-state index contributed by atoms with van der Waals surface area (Å²) in [6.45, 7) is 12.0. The molecule has 3 nitrogen and oxygen atoms in total. The monoisotopic (exact) mass is 279 g/mol. The van der Waals surface area contributed by atoms with Crippen LogP contribution in [0.2, 0.25) is 0 Å². The third kappa shape index (κ3) is 2.89. The molecule has 1 aromatic heterocycles. The molecule has 0 atom stereocenters. The minimum absolute atomic E-state index is 0.252. The Morgan fingerprint density at radius 2 is 1.70 bits per heavy atom. The highest BCUT2D eigenvalue weighted by atomic mass is 19.1. The number of hydrogen-bond acceptors (Lipinski definition) is 3. The molecule has 2 rings (SSSR count). The van der Waals surface area contributed by atoms with Crippen molar-refractivity contribution in [3.63, 3.8) is 0 Å². The van der Waals surface area contributed by atoms with Crippen LogP contribution in [0.1, 0.15) is 47.2 Å². The molecule has 0 bridgehead atoms. The van der Waals surface area contributed by atoms with Crippen molar-refractivity contribution in [3.05, 3.63) is 23.6 Å². The lowest BCUT2D eigenvalue weighted by Crippen LogP contribution is -2.41. The maximum absolute atomic E-state index is 14.0. The minimum Gasteiger partial charge on any atom is -0.398 e. The van der Waals surface area contributed by atoms with Crippen molar-refractivity contribution < 1.29 is 13.7 Å². The van der Waals surface area contributed by atoms with Gasteiger partial charge in [0.15, 0.2) is 0 Å². The summed E-state index contributed by atoms with van der Waals surface area (Å²) in [7, 11) is -0.743. The van der Waals surface area contributed by atoms with Gasteiger partial charge < -0.3 is 9.31 Å². The van der Waals surface area contributed by atoms with Gasteiger partial charge in [0.25, 0.3) is 0 Å². The Hall–Kier alpha value is -0.935. The van der Waals surface area contributed by atoms with E-state index in [4.69, 9.17) is 9.31 Å². The van der Waals surface area contributed by atoms with Crippen LogP contribution in [0.3, 0.4) is 0 Å². The highest BCUT2D eigenvalue weighted by molar-refractivity contribution is 6.61. The van der Waals surface area contributed by atoms with Gasteiger partial charge in [-0.1, -0.05) is 13.8 Å². The average Bonchev–Trinajstić information content (AvgIpc) is 2.50. The maximum Gasteiger partial charge on any atom is 0.517 e. The first-order valence-corrected chi connectivity index (χ1v) is 7.13. The first-order chi connectivity index (χ1) is 9.12. The number of nitrogens with zero attached hydrogens (tertiary/aromatic N) is 1. The molecule has 0 saturated carbocycles. The van der Waals surface area contributed by atoms with Crippen LogP contribution in [0, 0.1) is 11.7 Å². The standard InChI is InChI=1S/C15H23BFNO2/c1-10(2)9-11-7-8-12(17)13(18-11)16-19-14(3,4)15(5,6)20-16/h7-8,10H,9H2,1-6H3. The summed E-state index contributed by atoms with van der Waals surface area (Å²) in [6, 6.07) is 3.18. The van der Waals surface area contributed by atoms with E-state index in [0.717, 1.165) is 12.1 Å². The van der Waals surface area contributed by atoms with Crippen molar-refractivity contribution in [1.82, 2.24) is 4.98 Å². The molecular formula is C15H23BFNO2. The maximum atomic E-state index is 14.0. The molecular weight excluding hydrogens is 256 g/mol. The zero-order valence-electron chi connectivity index (χ0n) is 13.2. The van der Waals surface area contributed by atoms with Gasteiger partial charge in [-0.15, -0.1) is 0 Å². The van der Waals surface area contributed by atoms with Crippen molar-refractivity contribution in [1.29, 1.82) is 0 Å². The van der Waals surface area contributed by atoms with Gasteiger partial charge in [-0.3, -0.25) is 4.98 Å². The van der Waals surface area contributed by atoms with Gasteiger partial charge in [0.05, 0.1) is 11.2 Å². The smallest absolute Gasteiger partial charge is 0.398 e. The average molecular weight is 279 g/mol. The Morgan fingerprint density at radius 1 is 1.15 bits per heavy atom. The topological polar surface area (TPSA) is 31.4 Å². The normalized spacial score (nSPS) is 20.7. The molecule has 0 N–H and O–H groups in total. The quantitative estimate of drug-likeness (QED) is 0.797. The summed E-state index contributed by atoms with van der Waals surface area (Å²) in [5.41, 5.74) is 0.146. The Labute approximate surface area is 121 Å². The van der Waals surface area contributed by atoms with Crippen LogP contribution in [0.25, 0.3) is 0 Å². The fraction of sp³-hybridized carbons (Fsp3) is 0.667. The number of aromatic nitrogens is 1. The molecule has 0 amide bonds. The van der Waals surface area contributed by atoms with Crippen LogP contribution in [-0.2, 0) is 15.7 Å². The SMILES string of the molecule is CC(C)Cc1ccc(F)c(B2OC(C)(C)C(C)(C)O2)n1. The van der Waals surface area contributed by atoms with E-state index in [0.29, 0.717) is 5.92 Å². The Kier molecular flexibility index (Phi) is 3.95. The molecule has 1 aliphatic heterocycles. The highest BCUT2D eigenvalue weighted by Crippen LogP contribution is 2.36. The van der Waals surface area contributed by atoms with Crippen molar-refractivity contribution in [2.45, 2.75) is 59.2 Å². The Morgan fingerprint density at radius 3 is 2.20 bits per heavy atom. The molecule has 0 aromatic carbocycles. The van der Waals surface area contributed by atoms with E-state index in [9.17, 15) is 4.39 Å².